The molecule has 0 spiro atoms. The molecule has 0 radical (unpaired) electrons. The van der Waals surface area contributed by atoms with E-state index < -0.39 is 40.9 Å². The summed E-state index contributed by atoms with van der Waals surface area (Å²) >= 11 is 0. The van der Waals surface area contributed by atoms with Crippen molar-refractivity contribution in [3.8, 4) is 0 Å². The highest BCUT2D eigenvalue weighted by Crippen LogP contribution is 2.13. The molecule has 4 nitrogen and oxygen atoms in total. The predicted octanol–water partition coefficient (Wildman–Crippen LogP) is 0.708. The number of carbonyl (C=O) groups excluding carboxylic acids is 2. The van der Waals surface area contributed by atoms with Gasteiger partial charge in [-0.05, 0) is 13.0 Å². The van der Waals surface area contributed by atoms with Gasteiger partial charge in [0, 0.05) is 6.07 Å². The number of amides is 2. The van der Waals surface area contributed by atoms with Gasteiger partial charge >= 0.3 is 0 Å². The van der Waals surface area contributed by atoms with Gasteiger partial charge in [-0.1, -0.05) is 0 Å². The average Bonchev–Trinajstić information content (AvgIpc) is 2.22. The highest BCUT2D eigenvalue weighted by atomic mass is 19.2. The first-order valence-corrected chi connectivity index (χ1v) is 4.57. The van der Waals surface area contributed by atoms with Crippen LogP contribution in [-0.2, 0) is 4.79 Å². The highest BCUT2D eigenvalue weighted by Gasteiger charge is 2.19. The fraction of sp³-hybridized carbons (Fsp3) is 0.200. The molecule has 2 amide bonds. The maximum atomic E-state index is 13.1. The van der Waals surface area contributed by atoms with Crippen molar-refractivity contribution in [1.29, 1.82) is 0 Å². The Labute approximate surface area is 94.6 Å². The number of primary amides is 1. The number of benzene rings is 1. The van der Waals surface area contributed by atoms with Gasteiger partial charge in [0.25, 0.3) is 5.91 Å². The van der Waals surface area contributed by atoms with Crippen LogP contribution in [0.25, 0.3) is 0 Å². The van der Waals surface area contributed by atoms with Crippen LogP contribution >= 0.6 is 0 Å². The lowest BCUT2D eigenvalue weighted by atomic mass is 10.1. The molecule has 3 N–H and O–H groups in total. The summed E-state index contributed by atoms with van der Waals surface area (Å²) in [6.07, 6.45) is 0. The monoisotopic (exact) mass is 246 g/mol. The van der Waals surface area contributed by atoms with Crippen LogP contribution in [0.1, 0.15) is 17.3 Å². The van der Waals surface area contributed by atoms with Gasteiger partial charge in [-0.2, -0.15) is 0 Å². The van der Waals surface area contributed by atoms with Gasteiger partial charge in [-0.25, -0.2) is 13.2 Å². The third kappa shape index (κ3) is 2.96. The summed E-state index contributed by atoms with van der Waals surface area (Å²) in [5, 5.41) is 2.04. The third-order valence-electron chi connectivity index (χ3n) is 2.03. The second-order valence-corrected chi connectivity index (χ2v) is 3.34. The lowest BCUT2D eigenvalue weighted by molar-refractivity contribution is -0.119. The molecule has 0 aliphatic carbocycles. The first kappa shape index (κ1) is 13.0. The van der Waals surface area contributed by atoms with E-state index >= 15 is 0 Å². The molecule has 0 saturated carbocycles. The highest BCUT2D eigenvalue weighted by molar-refractivity contribution is 5.97. The Morgan fingerprint density at radius 3 is 2.24 bits per heavy atom. The number of halogens is 3. The summed E-state index contributed by atoms with van der Waals surface area (Å²) in [5.74, 6) is -5.86. The molecule has 17 heavy (non-hydrogen) atoms. The Kier molecular flexibility index (Phi) is 3.72. The minimum atomic E-state index is -1.40. The Morgan fingerprint density at radius 2 is 1.71 bits per heavy atom. The third-order valence-corrected chi connectivity index (χ3v) is 2.03. The normalized spacial score (nSPS) is 12.0. The second kappa shape index (κ2) is 4.86. The number of carbonyl (C=O) groups is 2. The zero-order chi connectivity index (χ0) is 13.2. The van der Waals surface area contributed by atoms with E-state index in [0.29, 0.717) is 6.07 Å². The van der Waals surface area contributed by atoms with Gasteiger partial charge in [0.15, 0.2) is 11.6 Å². The van der Waals surface area contributed by atoms with E-state index in [-0.39, 0.29) is 6.07 Å². The van der Waals surface area contributed by atoms with E-state index in [1.165, 1.54) is 6.92 Å². The molecular weight excluding hydrogens is 237 g/mol. The topological polar surface area (TPSA) is 72.2 Å². The van der Waals surface area contributed by atoms with Gasteiger partial charge in [0.2, 0.25) is 5.91 Å². The maximum absolute atomic E-state index is 13.1. The van der Waals surface area contributed by atoms with Crippen molar-refractivity contribution in [3.63, 3.8) is 0 Å². The molecule has 0 fully saturated rings. The standard InChI is InChI=1S/C10H9F3N2O2/c1-4(9(14)16)15-10(17)5-2-7(12)8(13)3-6(5)11/h2-4H,1H3,(H2,14,16)(H,15,17)/t4-/m1/s1. The van der Waals surface area contributed by atoms with E-state index in [9.17, 15) is 22.8 Å². The van der Waals surface area contributed by atoms with E-state index in [2.05, 4.69) is 0 Å². The van der Waals surface area contributed by atoms with Gasteiger partial charge in [-0.3, -0.25) is 9.59 Å². The number of rotatable bonds is 3. The van der Waals surface area contributed by atoms with Crippen LogP contribution in [0.3, 0.4) is 0 Å². The Hall–Kier alpha value is -2.05. The zero-order valence-electron chi connectivity index (χ0n) is 8.76. The zero-order valence-corrected chi connectivity index (χ0v) is 8.76. The molecule has 1 aromatic rings. The molecule has 7 heteroatoms. The summed E-state index contributed by atoms with van der Waals surface area (Å²) in [6, 6.07) is -0.387. The van der Waals surface area contributed by atoms with E-state index in [1.807, 2.05) is 5.32 Å². The van der Waals surface area contributed by atoms with Gasteiger partial charge in [-0.15, -0.1) is 0 Å². The molecule has 0 aliphatic rings. The molecule has 0 bridgehead atoms. The number of nitrogens with one attached hydrogen (secondary N) is 1. The SMILES string of the molecule is C[C@@H](NC(=O)c1cc(F)c(F)cc1F)C(N)=O. The molecule has 0 aliphatic heterocycles. The molecular formula is C10H9F3N2O2. The van der Waals surface area contributed by atoms with Crippen molar-refractivity contribution in [2.75, 3.05) is 0 Å². The van der Waals surface area contributed by atoms with Crippen LogP contribution in [0.15, 0.2) is 12.1 Å². The second-order valence-electron chi connectivity index (χ2n) is 3.34. The van der Waals surface area contributed by atoms with E-state index in [1.54, 1.807) is 0 Å². The summed E-state index contributed by atoms with van der Waals surface area (Å²) in [7, 11) is 0. The Morgan fingerprint density at radius 1 is 1.18 bits per heavy atom. The van der Waals surface area contributed by atoms with Crippen LogP contribution in [-0.4, -0.2) is 17.9 Å². The van der Waals surface area contributed by atoms with Crippen LogP contribution in [0.2, 0.25) is 0 Å². The molecule has 1 atom stereocenters. The van der Waals surface area contributed by atoms with Crippen molar-refractivity contribution in [2.45, 2.75) is 13.0 Å². The Balaban J connectivity index is 2.97. The smallest absolute Gasteiger partial charge is 0.255 e. The van der Waals surface area contributed by atoms with Crippen LogP contribution < -0.4 is 11.1 Å². The molecule has 92 valence electrons. The van der Waals surface area contributed by atoms with Gasteiger partial charge in [0.1, 0.15) is 11.9 Å². The lowest BCUT2D eigenvalue weighted by Crippen LogP contribution is -2.42. The molecule has 0 saturated heterocycles. The number of hydrogen-bond donors (Lipinski definition) is 2. The van der Waals surface area contributed by atoms with Crippen LogP contribution in [0.4, 0.5) is 13.2 Å². The van der Waals surface area contributed by atoms with Gasteiger partial charge < -0.3 is 11.1 Å². The fourth-order valence-electron chi connectivity index (χ4n) is 1.04. The van der Waals surface area contributed by atoms with Crippen molar-refractivity contribution in [2.24, 2.45) is 5.73 Å². The van der Waals surface area contributed by atoms with Crippen molar-refractivity contribution in [1.82, 2.24) is 5.32 Å². The van der Waals surface area contributed by atoms with Crippen LogP contribution in [0.5, 0.6) is 0 Å². The molecule has 0 heterocycles. The predicted molar refractivity (Wildman–Crippen MR) is 52.4 cm³/mol. The van der Waals surface area contributed by atoms with E-state index in [0.717, 1.165) is 0 Å². The quantitative estimate of drug-likeness (QED) is 0.771. The lowest BCUT2D eigenvalue weighted by Gasteiger charge is -2.10. The van der Waals surface area contributed by atoms with Crippen molar-refractivity contribution >= 4 is 11.8 Å². The van der Waals surface area contributed by atoms with Crippen LogP contribution in [0, 0.1) is 17.5 Å². The maximum Gasteiger partial charge on any atom is 0.255 e. The minimum absolute atomic E-state index is 0.249. The molecule has 1 rings (SSSR count). The summed E-state index contributed by atoms with van der Waals surface area (Å²) < 4.78 is 38.5. The largest absolute Gasteiger partial charge is 0.368 e. The molecule has 0 aromatic heterocycles. The van der Waals surface area contributed by atoms with Crippen molar-refractivity contribution < 1.29 is 22.8 Å². The first-order valence-electron chi connectivity index (χ1n) is 4.57. The van der Waals surface area contributed by atoms with Gasteiger partial charge in [0.05, 0.1) is 5.56 Å². The Bertz CT molecular complexity index is 477. The average molecular weight is 246 g/mol. The van der Waals surface area contributed by atoms with Crippen molar-refractivity contribution in [3.05, 3.63) is 35.1 Å². The minimum Gasteiger partial charge on any atom is -0.368 e. The fourth-order valence-corrected chi connectivity index (χ4v) is 1.04. The summed E-state index contributed by atoms with van der Waals surface area (Å²) in [4.78, 5) is 22.0. The summed E-state index contributed by atoms with van der Waals surface area (Å²) in [6.45, 7) is 1.28. The first-order chi connectivity index (χ1) is 7.82. The molecule has 1 aromatic carbocycles. The molecule has 0 unspecified atom stereocenters. The number of hydrogen-bond acceptors (Lipinski definition) is 2. The van der Waals surface area contributed by atoms with E-state index in [4.69, 9.17) is 5.73 Å². The number of nitrogens with two attached hydrogens (primary N) is 1. The summed E-state index contributed by atoms with van der Waals surface area (Å²) in [5.41, 5.74) is 4.18.